The molecule has 0 fully saturated rings. The smallest absolute Gasteiger partial charge is 0.291 e. The van der Waals surface area contributed by atoms with Crippen molar-refractivity contribution in [3.05, 3.63) is 29.8 Å². The van der Waals surface area contributed by atoms with Crippen LogP contribution in [0.3, 0.4) is 0 Å². The first kappa shape index (κ1) is 15.8. The molecular formula is C13H14N4O4S. The van der Waals surface area contributed by atoms with Crippen molar-refractivity contribution < 1.29 is 23.9 Å². The summed E-state index contributed by atoms with van der Waals surface area (Å²) in [6.07, 6.45) is 0. The lowest BCUT2D eigenvalue weighted by molar-refractivity contribution is -0.772. The van der Waals surface area contributed by atoms with Gasteiger partial charge in [0, 0.05) is 0 Å². The number of carbonyl (C=O) groups is 2. The second-order valence-electron chi connectivity index (χ2n) is 4.45. The van der Waals surface area contributed by atoms with E-state index >= 15 is 0 Å². The van der Waals surface area contributed by atoms with Crippen molar-refractivity contribution in [3.8, 4) is 5.95 Å². The highest BCUT2D eigenvalue weighted by molar-refractivity contribution is 8.00. The normalized spacial score (nSPS) is 11.9. The maximum absolute atomic E-state index is 12.2. The van der Waals surface area contributed by atoms with Gasteiger partial charge in [-0.25, -0.2) is 0 Å². The monoisotopic (exact) mass is 322 g/mol. The molecule has 0 radical (unpaired) electrons. The fourth-order valence-corrected chi connectivity index (χ4v) is 2.51. The topological polar surface area (TPSA) is 125 Å². The van der Waals surface area contributed by atoms with Crippen molar-refractivity contribution in [2.45, 2.75) is 17.2 Å². The number of nitrogens with one attached hydrogen (secondary N) is 1. The SMILES string of the molecule is CC(Sc1c([O-])on[n+]1C)C(=O)Nc1ccccc1C(N)=O. The molecule has 1 heterocycles. The number of nitrogens with zero attached hydrogens (tertiary/aromatic N) is 2. The zero-order chi connectivity index (χ0) is 16.3. The van der Waals surface area contributed by atoms with Crippen molar-refractivity contribution in [2.75, 3.05) is 5.32 Å². The number of benzene rings is 1. The van der Waals surface area contributed by atoms with Gasteiger partial charge in [0.2, 0.25) is 5.91 Å². The lowest BCUT2D eigenvalue weighted by atomic mass is 10.1. The average Bonchev–Trinajstić information content (AvgIpc) is 2.79. The van der Waals surface area contributed by atoms with E-state index in [1.807, 2.05) is 0 Å². The number of thioether (sulfide) groups is 1. The molecule has 2 aromatic rings. The summed E-state index contributed by atoms with van der Waals surface area (Å²) in [4.78, 5) is 23.5. The van der Waals surface area contributed by atoms with Crippen LogP contribution in [0.1, 0.15) is 17.3 Å². The highest BCUT2D eigenvalue weighted by atomic mass is 32.2. The number of carbonyl (C=O) groups excluding carboxylic acids is 2. The number of nitrogens with two attached hydrogens (primary N) is 1. The Morgan fingerprint density at radius 1 is 1.45 bits per heavy atom. The molecule has 2 amide bonds. The zero-order valence-corrected chi connectivity index (χ0v) is 12.7. The molecule has 0 aliphatic carbocycles. The van der Waals surface area contributed by atoms with Crippen molar-refractivity contribution in [1.29, 1.82) is 0 Å². The van der Waals surface area contributed by atoms with E-state index in [1.165, 1.54) is 10.7 Å². The summed E-state index contributed by atoms with van der Waals surface area (Å²) in [5, 5.41) is 17.1. The van der Waals surface area contributed by atoms with Crippen LogP contribution in [0, 0.1) is 0 Å². The first-order chi connectivity index (χ1) is 10.4. The van der Waals surface area contributed by atoms with E-state index < -0.39 is 17.1 Å². The second kappa shape index (κ2) is 6.48. The number of para-hydroxylation sites is 1. The lowest BCUT2D eigenvalue weighted by Crippen LogP contribution is -2.34. The van der Waals surface area contributed by atoms with E-state index in [2.05, 4.69) is 15.1 Å². The highest BCUT2D eigenvalue weighted by Crippen LogP contribution is 2.26. The molecule has 8 nitrogen and oxygen atoms in total. The second-order valence-corrected chi connectivity index (χ2v) is 5.78. The Morgan fingerprint density at radius 3 is 2.73 bits per heavy atom. The van der Waals surface area contributed by atoms with Crippen LogP contribution in [0.2, 0.25) is 0 Å². The van der Waals surface area contributed by atoms with Gasteiger partial charge in [-0.3, -0.25) is 9.59 Å². The number of primary amides is 1. The first-order valence-electron chi connectivity index (χ1n) is 6.29. The molecule has 3 N–H and O–H groups in total. The molecule has 22 heavy (non-hydrogen) atoms. The van der Waals surface area contributed by atoms with Gasteiger partial charge in [0.1, 0.15) is 0 Å². The first-order valence-corrected chi connectivity index (χ1v) is 7.17. The Morgan fingerprint density at radius 2 is 2.14 bits per heavy atom. The van der Waals surface area contributed by atoms with Crippen LogP contribution in [-0.4, -0.2) is 22.3 Å². The van der Waals surface area contributed by atoms with Gasteiger partial charge in [0.05, 0.1) is 21.8 Å². The Balaban J connectivity index is 2.11. The van der Waals surface area contributed by atoms with Crippen LogP contribution in [0.25, 0.3) is 0 Å². The van der Waals surface area contributed by atoms with Crippen LogP contribution in [0.4, 0.5) is 5.69 Å². The van der Waals surface area contributed by atoms with Gasteiger partial charge in [0.15, 0.2) is 13.0 Å². The Bertz CT molecular complexity index is 696. The molecule has 0 aliphatic rings. The molecule has 0 spiro atoms. The van der Waals surface area contributed by atoms with Gasteiger partial charge in [-0.1, -0.05) is 16.8 Å². The van der Waals surface area contributed by atoms with Gasteiger partial charge >= 0.3 is 0 Å². The van der Waals surface area contributed by atoms with Gasteiger partial charge in [0.25, 0.3) is 10.9 Å². The largest absolute Gasteiger partial charge is 0.538 e. The number of hydrogen-bond acceptors (Lipinski definition) is 6. The predicted molar refractivity (Wildman–Crippen MR) is 76.0 cm³/mol. The Hall–Kier alpha value is -2.55. The van der Waals surface area contributed by atoms with Crippen LogP contribution < -0.4 is 20.8 Å². The predicted octanol–water partition coefficient (Wildman–Crippen LogP) is -0.209. The van der Waals surface area contributed by atoms with E-state index in [0.29, 0.717) is 5.69 Å². The molecule has 1 atom stereocenters. The van der Waals surface area contributed by atoms with Gasteiger partial charge in [-0.2, -0.15) is 0 Å². The molecule has 0 bridgehead atoms. The number of anilines is 1. The van der Waals surface area contributed by atoms with E-state index in [-0.39, 0.29) is 16.5 Å². The minimum atomic E-state index is -0.636. The van der Waals surface area contributed by atoms with Crippen molar-refractivity contribution in [2.24, 2.45) is 12.8 Å². The average molecular weight is 322 g/mol. The molecule has 9 heteroatoms. The summed E-state index contributed by atoms with van der Waals surface area (Å²) < 4.78 is 5.75. The number of rotatable bonds is 5. The molecule has 0 aliphatic heterocycles. The maximum atomic E-state index is 12.2. The van der Waals surface area contributed by atoms with Crippen molar-refractivity contribution in [1.82, 2.24) is 5.27 Å². The number of aromatic nitrogens is 2. The van der Waals surface area contributed by atoms with E-state index in [1.54, 1.807) is 32.2 Å². The van der Waals surface area contributed by atoms with E-state index in [9.17, 15) is 14.7 Å². The molecule has 116 valence electrons. The molecule has 1 unspecified atom stereocenters. The minimum absolute atomic E-state index is 0.214. The fraction of sp³-hybridized carbons (Fsp3) is 0.231. The third kappa shape index (κ3) is 3.37. The van der Waals surface area contributed by atoms with Crippen molar-refractivity contribution >= 4 is 29.3 Å². The summed E-state index contributed by atoms with van der Waals surface area (Å²) in [6.45, 7) is 1.62. The fourth-order valence-electron chi connectivity index (χ4n) is 1.69. The van der Waals surface area contributed by atoms with Crippen LogP contribution >= 0.6 is 11.8 Å². The maximum Gasteiger partial charge on any atom is 0.291 e. The summed E-state index contributed by atoms with van der Waals surface area (Å²) in [5.41, 5.74) is 5.79. The van der Waals surface area contributed by atoms with Crippen LogP contribution in [0.15, 0.2) is 33.8 Å². The molecule has 1 aromatic carbocycles. The molecule has 0 saturated carbocycles. The number of amides is 2. The summed E-state index contributed by atoms with van der Waals surface area (Å²) in [6, 6.07) is 6.42. The van der Waals surface area contributed by atoms with Crippen LogP contribution in [0.5, 0.6) is 5.95 Å². The number of aryl methyl sites for hydroxylation is 1. The third-order valence-corrected chi connectivity index (χ3v) is 4.04. The highest BCUT2D eigenvalue weighted by Gasteiger charge is 2.23. The molecular weight excluding hydrogens is 308 g/mol. The van der Waals surface area contributed by atoms with Crippen LogP contribution in [-0.2, 0) is 11.8 Å². The van der Waals surface area contributed by atoms with Gasteiger partial charge in [-0.05, 0) is 30.8 Å². The standard InChI is InChI=1S/C13H14N4O4S/c1-7(22-12-13(20)21-16-17(12)2)11(19)15-9-6-4-3-5-8(9)10(14)18/h3-7H,1-2H3,(H3-,14,15,16,18,19,20). The third-order valence-electron chi connectivity index (χ3n) is 2.82. The quantitative estimate of drug-likeness (QED) is 0.579. The zero-order valence-electron chi connectivity index (χ0n) is 11.9. The van der Waals surface area contributed by atoms with Crippen molar-refractivity contribution in [3.63, 3.8) is 0 Å². The summed E-state index contributed by atoms with van der Waals surface area (Å²) in [7, 11) is 1.54. The summed E-state index contributed by atoms with van der Waals surface area (Å²) >= 11 is 1.01. The molecule has 2 rings (SSSR count). The lowest BCUT2D eigenvalue weighted by Gasteiger charge is -2.12. The van der Waals surface area contributed by atoms with E-state index in [0.717, 1.165) is 11.8 Å². The Labute approximate surface area is 130 Å². The summed E-state index contributed by atoms with van der Waals surface area (Å²) in [5.74, 6) is -1.62. The van der Waals surface area contributed by atoms with E-state index in [4.69, 9.17) is 5.73 Å². The van der Waals surface area contributed by atoms with Gasteiger partial charge < -0.3 is 20.7 Å². The molecule has 1 aromatic heterocycles. The Kier molecular flexibility index (Phi) is 4.66. The van der Waals surface area contributed by atoms with Gasteiger partial charge in [-0.15, -0.1) is 0 Å². The molecule has 0 saturated heterocycles. The number of hydrogen-bond donors (Lipinski definition) is 2. The minimum Gasteiger partial charge on any atom is -0.538 e.